The molecule has 1 fully saturated rings. The fraction of sp³-hybridized carbons (Fsp3) is 0.682. The molecule has 0 bridgehead atoms. The van der Waals surface area contributed by atoms with Crippen LogP contribution in [0.15, 0.2) is 35.3 Å². The maximum Gasteiger partial charge on any atom is 0.191 e. The lowest BCUT2D eigenvalue weighted by atomic mass is 10.1. The summed E-state index contributed by atoms with van der Waals surface area (Å²) in [6, 6.07) is 10.5. The fourth-order valence-corrected chi connectivity index (χ4v) is 3.16. The molecule has 0 aromatic heterocycles. The van der Waals surface area contributed by atoms with E-state index in [-0.39, 0.29) is 0 Å². The normalized spacial score (nSPS) is 16.9. The molecule has 0 aliphatic carbocycles. The summed E-state index contributed by atoms with van der Waals surface area (Å²) in [6.07, 6.45) is 4.35. The quantitative estimate of drug-likeness (QED) is 0.308. The van der Waals surface area contributed by atoms with Crippen LogP contribution >= 0.6 is 0 Å². The number of aliphatic imine (C=N–C) groups is 1. The molecule has 0 spiro atoms. The number of nitrogens with one attached hydrogen (secondary N) is 2. The fourth-order valence-electron chi connectivity index (χ4n) is 3.16. The van der Waals surface area contributed by atoms with Gasteiger partial charge in [-0.15, -0.1) is 0 Å². The number of anilines is 1. The van der Waals surface area contributed by atoms with Gasteiger partial charge in [0, 0.05) is 58.0 Å². The van der Waals surface area contributed by atoms with E-state index in [1.807, 2.05) is 0 Å². The standard InChI is InChI=1S/C22H38N4O2/c1-3-23-22(25-14-9-16-27-18-20-12-17-28-19-20)24-13-7-8-15-26(2)21-10-5-4-6-11-21/h4-6,10-11,20H,3,7-9,12-19H2,1-2H3,(H2,23,24,25). The molecule has 0 radical (unpaired) electrons. The van der Waals surface area contributed by atoms with Crippen LogP contribution in [-0.4, -0.2) is 65.6 Å². The van der Waals surface area contributed by atoms with Crippen molar-refractivity contribution in [1.29, 1.82) is 0 Å². The third-order valence-electron chi connectivity index (χ3n) is 4.85. The van der Waals surface area contributed by atoms with Crippen LogP contribution in [0, 0.1) is 5.92 Å². The predicted molar refractivity (Wildman–Crippen MR) is 117 cm³/mol. The van der Waals surface area contributed by atoms with Gasteiger partial charge in [0.05, 0.1) is 13.2 Å². The van der Waals surface area contributed by atoms with Gasteiger partial charge in [-0.3, -0.25) is 4.99 Å². The number of ether oxygens (including phenoxy) is 2. The average Bonchev–Trinajstić information content (AvgIpc) is 3.24. The molecular formula is C22H38N4O2. The van der Waals surface area contributed by atoms with Crippen molar-refractivity contribution >= 4 is 11.6 Å². The monoisotopic (exact) mass is 390 g/mol. The summed E-state index contributed by atoms with van der Waals surface area (Å²) >= 11 is 0. The molecule has 28 heavy (non-hydrogen) atoms. The van der Waals surface area contributed by atoms with E-state index in [1.165, 1.54) is 5.69 Å². The first-order valence-electron chi connectivity index (χ1n) is 10.7. The molecular weight excluding hydrogens is 352 g/mol. The van der Waals surface area contributed by atoms with Crippen LogP contribution < -0.4 is 15.5 Å². The van der Waals surface area contributed by atoms with Crippen molar-refractivity contribution in [1.82, 2.24) is 10.6 Å². The lowest BCUT2D eigenvalue weighted by molar-refractivity contribution is 0.0893. The Morgan fingerprint density at radius 1 is 1.21 bits per heavy atom. The molecule has 1 aliphatic rings. The largest absolute Gasteiger partial charge is 0.381 e. The number of nitrogens with zero attached hydrogens (tertiary/aromatic N) is 2. The van der Waals surface area contributed by atoms with Gasteiger partial charge in [0.15, 0.2) is 5.96 Å². The Balaban J connectivity index is 1.52. The van der Waals surface area contributed by atoms with Crippen molar-refractivity contribution < 1.29 is 9.47 Å². The summed E-state index contributed by atoms with van der Waals surface area (Å²) in [5, 5.41) is 6.75. The van der Waals surface area contributed by atoms with E-state index in [0.29, 0.717) is 5.92 Å². The molecule has 0 amide bonds. The van der Waals surface area contributed by atoms with Crippen molar-refractivity contribution in [2.24, 2.45) is 10.9 Å². The van der Waals surface area contributed by atoms with Gasteiger partial charge >= 0.3 is 0 Å². The van der Waals surface area contributed by atoms with E-state index < -0.39 is 0 Å². The summed E-state index contributed by atoms with van der Waals surface area (Å²) in [5.41, 5.74) is 1.27. The van der Waals surface area contributed by atoms with Crippen LogP contribution in [0.2, 0.25) is 0 Å². The molecule has 0 saturated carbocycles. The first-order valence-corrected chi connectivity index (χ1v) is 10.7. The second kappa shape index (κ2) is 14.2. The van der Waals surface area contributed by atoms with Gasteiger partial charge in [0.1, 0.15) is 0 Å². The number of para-hydroxylation sites is 1. The predicted octanol–water partition coefficient (Wildman–Crippen LogP) is 2.90. The average molecular weight is 391 g/mol. The molecule has 1 aromatic rings. The van der Waals surface area contributed by atoms with Gasteiger partial charge in [0.25, 0.3) is 0 Å². The first-order chi connectivity index (χ1) is 13.8. The summed E-state index contributed by atoms with van der Waals surface area (Å²) in [6.45, 7) is 9.08. The zero-order valence-electron chi connectivity index (χ0n) is 17.7. The second-order valence-electron chi connectivity index (χ2n) is 7.31. The molecule has 1 aromatic carbocycles. The highest BCUT2D eigenvalue weighted by Crippen LogP contribution is 2.12. The van der Waals surface area contributed by atoms with Gasteiger partial charge in [0.2, 0.25) is 0 Å². The van der Waals surface area contributed by atoms with E-state index in [2.05, 4.69) is 64.8 Å². The van der Waals surface area contributed by atoms with Crippen molar-refractivity contribution in [2.45, 2.75) is 32.6 Å². The minimum Gasteiger partial charge on any atom is -0.381 e. The van der Waals surface area contributed by atoms with Crippen LogP contribution in [0.5, 0.6) is 0 Å². The van der Waals surface area contributed by atoms with Crippen LogP contribution in [0.4, 0.5) is 5.69 Å². The van der Waals surface area contributed by atoms with Crippen molar-refractivity contribution in [3.63, 3.8) is 0 Å². The first kappa shape index (κ1) is 22.5. The van der Waals surface area contributed by atoms with Crippen molar-refractivity contribution in [2.75, 3.05) is 64.6 Å². The van der Waals surface area contributed by atoms with E-state index >= 15 is 0 Å². The Labute approximate surface area is 170 Å². The molecule has 1 heterocycles. The van der Waals surface area contributed by atoms with Gasteiger partial charge in [-0.25, -0.2) is 0 Å². The number of unbranched alkanes of at least 4 members (excludes halogenated alkanes) is 1. The maximum atomic E-state index is 5.74. The van der Waals surface area contributed by atoms with Crippen LogP contribution in [-0.2, 0) is 9.47 Å². The van der Waals surface area contributed by atoms with Crippen molar-refractivity contribution in [3.8, 4) is 0 Å². The summed E-state index contributed by atoms with van der Waals surface area (Å²) in [5.74, 6) is 1.49. The minimum absolute atomic E-state index is 0.587. The third kappa shape index (κ3) is 9.42. The second-order valence-corrected chi connectivity index (χ2v) is 7.31. The number of guanidine groups is 1. The highest BCUT2D eigenvalue weighted by atomic mass is 16.5. The van der Waals surface area contributed by atoms with Crippen molar-refractivity contribution in [3.05, 3.63) is 30.3 Å². The Morgan fingerprint density at radius 2 is 2.07 bits per heavy atom. The molecule has 1 saturated heterocycles. The lowest BCUT2D eigenvalue weighted by Crippen LogP contribution is -2.38. The summed E-state index contributed by atoms with van der Waals surface area (Å²) in [7, 11) is 2.15. The molecule has 1 unspecified atom stereocenters. The van der Waals surface area contributed by atoms with Gasteiger partial charge in [-0.2, -0.15) is 0 Å². The smallest absolute Gasteiger partial charge is 0.191 e. The number of benzene rings is 1. The van der Waals surface area contributed by atoms with E-state index in [0.717, 1.165) is 84.2 Å². The Kier molecular flexibility index (Phi) is 11.4. The highest BCUT2D eigenvalue weighted by Gasteiger charge is 2.15. The van der Waals surface area contributed by atoms with Gasteiger partial charge in [-0.1, -0.05) is 18.2 Å². The third-order valence-corrected chi connectivity index (χ3v) is 4.85. The Hall–Kier alpha value is -1.79. The zero-order valence-corrected chi connectivity index (χ0v) is 17.7. The minimum atomic E-state index is 0.587. The molecule has 158 valence electrons. The molecule has 6 heteroatoms. The molecule has 2 N–H and O–H groups in total. The Bertz CT molecular complexity index is 533. The highest BCUT2D eigenvalue weighted by molar-refractivity contribution is 5.79. The number of rotatable bonds is 13. The SMILES string of the molecule is CCNC(=NCCCOCC1CCOC1)NCCCCN(C)c1ccccc1. The molecule has 1 atom stereocenters. The van der Waals surface area contributed by atoms with Crippen LogP contribution in [0.25, 0.3) is 0 Å². The summed E-state index contributed by atoms with van der Waals surface area (Å²) < 4.78 is 11.1. The molecule has 6 nitrogen and oxygen atoms in total. The topological polar surface area (TPSA) is 58.1 Å². The van der Waals surface area contributed by atoms with E-state index in [9.17, 15) is 0 Å². The molecule has 1 aliphatic heterocycles. The lowest BCUT2D eigenvalue weighted by Gasteiger charge is -2.19. The van der Waals surface area contributed by atoms with E-state index in [4.69, 9.17) is 9.47 Å². The van der Waals surface area contributed by atoms with Crippen LogP contribution in [0.1, 0.15) is 32.6 Å². The van der Waals surface area contributed by atoms with Crippen LogP contribution in [0.3, 0.4) is 0 Å². The van der Waals surface area contributed by atoms with Gasteiger partial charge in [-0.05, 0) is 44.7 Å². The number of hydrogen-bond donors (Lipinski definition) is 2. The Morgan fingerprint density at radius 3 is 2.82 bits per heavy atom. The van der Waals surface area contributed by atoms with Gasteiger partial charge < -0.3 is 25.0 Å². The maximum absolute atomic E-state index is 5.74. The van der Waals surface area contributed by atoms with E-state index in [1.54, 1.807) is 0 Å². The summed E-state index contributed by atoms with van der Waals surface area (Å²) in [4.78, 5) is 6.95. The zero-order chi connectivity index (χ0) is 19.9. The number of hydrogen-bond acceptors (Lipinski definition) is 4. The molecule has 2 rings (SSSR count).